The Morgan fingerprint density at radius 1 is 1.19 bits per heavy atom. The summed E-state index contributed by atoms with van der Waals surface area (Å²) in [6.07, 6.45) is 3.75. The van der Waals surface area contributed by atoms with Gasteiger partial charge >= 0.3 is 0 Å². The number of aromatic nitrogens is 4. The van der Waals surface area contributed by atoms with Crippen molar-refractivity contribution in [3.05, 3.63) is 63.2 Å². The van der Waals surface area contributed by atoms with Crippen molar-refractivity contribution in [2.75, 3.05) is 5.32 Å². The maximum atomic E-state index is 6.11. The van der Waals surface area contributed by atoms with E-state index in [1.165, 1.54) is 0 Å². The number of aryl methyl sites for hydroxylation is 2. The van der Waals surface area contributed by atoms with Gasteiger partial charge in [-0.05, 0) is 43.8 Å². The number of anilines is 1. The third kappa shape index (κ3) is 4.80. The Morgan fingerprint density at radius 3 is 2.63 bits per heavy atom. The molecule has 0 saturated heterocycles. The quantitative estimate of drug-likeness (QED) is 0.606. The van der Waals surface area contributed by atoms with Crippen LogP contribution in [0.4, 0.5) is 5.69 Å². The SMILES string of the molecule is Cc1nn(Cc2ccc(Cl)c(Cl)c2)c(C)c1NC(=S)NCc1cnn(C)c1. The van der Waals surface area contributed by atoms with Gasteiger partial charge in [-0.15, -0.1) is 0 Å². The second-order valence-electron chi connectivity index (χ2n) is 6.28. The van der Waals surface area contributed by atoms with Gasteiger partial charge in [-0.1, -0.05) is 29.3 Å². The number of halogens is 2. The number of hydrogen-bond acceptors (Lipinski definition) is 3. The van der Waals surface area contributed by atoms with Crippen molar-refractivity contribution in [3.8, 4) is 0 Å². The normalized spacial score (nSPS) is 10.9. The zero-order valence-corrected chi connectivity index (χ0v) is 17.6. The lowest BCUT2D eigenvalue weighted by molar-refractivity contribution is 0.659. The summed E-state index contributed by atoms with van der Waals surface area (Å²) < 4.78 is 3.68. The molecule has 0 amide bonds. The van der Waals surface area contributed by atoms with Crippen molar-refractivity contribution in [2.24, 2.45) is 7.05 Å². The molecule has 2 N–H and O–H groups in total. The molecule has 1 aromatic carbocycles. The molecule has 0 atom stereocenters. The maximum Gasteiger partial charge on any atom is 0.171 e. The highest BCUT2D eigenvalue weighted by Crippen LogP contribution is 2.25. The smallest absolute Gasteiger partial charge is 0.171 e. The van der Waals surface area contributed by atoms with Crippen LogP contribution in [0.5, 0.6) is 0 Å². The first-order valence-corrected chi connectivity index (χ1v) is 9.50. The molecule has 0 aliphatic heterocycles. The predicted octanol–water partition coefficient (Wildman–Crippen LogP) is 4.08. The highest BCUT2D eigenvalue weighted by atomic mass is 35.5. The minimum Gasteiger partial charge on any atom is -0.358 e. The number of nitrogens with zero attached hydrogens (tertiary/aromatic N) is 4. The Balaban J connectivity index is 1.67. The summed E-state index contributed by atoms with van der Waals surface area (Å²) in [6.45, 7) is 5.16. The van der Waals surface area contributed by atoms with Crippen LogP contribution in [-0.4, -0.2) is 24.7 Å². The van der Waals surface area contributed by atoms with Crippen LogP contribution in [0.1, 0.15) is 22.5 Å². The fraction of sp³-hybridized carbons (Fsp3) is 0.278. The first-order valence-electron chi connectivity index (χ1n) is 8.34. The predicted molar refractivity (Wildman–Crippen MR) is 114 cm³/mol. The van der Waals surface area contributed by atoms with Gasteiger partial charge in [-0.25, -0.2) is 0 Å². The maximum absolute atomic E-state index is 6.11. The Labute approximate surface area is 173 Å². The number of benzene rings is 1. The Morgan fingerprint density at radius 2 is 1.96 bits per heavy atom. The van der Waals surface area contributed by atoms with Gasteiger partial charge in [0.1, 0.15) is 0 Å². The van der Waals surface area contributed by atoms with E-state index < -0.39 is 0 Å². The lowest BCUT2D eigenvalue weighted by atomic mass is 10.2. The van der Waals surface area contributed by atoms with Crippen LogP contribution in [0.2, 0.25) is 10.0 Å². The molecule has 2 heterocycles. The summed E-state index contributed by atoms with van der Waals surface area (Å²) in [4.78, 5) is 0. The topological polar surface area (TPSA) is 59.7 Å². The van der Waals surface area contributed by atoms with E-state index in [4.69, 9.17) is 35.4 Å². The van der Waals surface area contributed by atoms with E-state index in [0.717, 1.165) is 28.2 Å². The molecule has 0 bridgehead atoms. The molecular formula is C18H20Cl2N6S. The minimum atomic E-state index is 0.537. The summed E-state index contributed by atoms with van der Waals surface area (Å²) in [5.74, 6) is 0. The average Bonchev–Trinajstić information content (AvgIpc) is 3.15. The average molecular weight is 423 g/mol. The second kappa shape index (κ2) is 8.29. The molecule has 2 aromatic heterocycles. The van der Waals surface area contributed by atoms with E-state index in [0.29, 0.717) is 28.2 Å². The standard InChI is InChI=1S/C18H20Cl2N6S/c1-11-17(23-18(27)21-7-14-8-22-25(3)9-14)12(2)26(24-11)10-13-4-5-15(19)16(20)6-13/h4-6,8-9H,7,10H2,1-3H3,(H2,21,23,27). The van der Waals surface area contributed by atoms with Gasteiger partial charge in [0.25, 0.3) is 0 Å². The number of hydrogen-bond donors (Lipinski definition) is 2. The highest BCUT2D eigenvalue weighted by molar-refractivity contribution is 7.80. The molecule has 0 spiro atoms. The van der Waals surface area contributed by atoms with Crippen molar-refractivity contribution in [1.29, 1.82) is 0 Å². The molecule has 0 unspecified atom stereocenters. The number of rotatable bonds is 5. The van der Waals surface area contributed by atoms with E-state index in [-0.39, 0.29) is 0 Å². The third-order valence-corrected chi connectivity index (χ3v) is 5.13. The van der Waals surface area contributed by atoms with Crippen molar-refractivity contribution < 1.29 is 0 Å². The van der Waals surface area contributed by atoms with Crippen LogP contribution in [-0.2, 0) is 20.1 Å². The summed E-state index contributed by atoms with van der Waals surface area (Å²) in [6, 6.07) is 5.59. The van der Waals surface area contributed by atoms with Crippen LogP contribution < -0.4 is 10.6 Å². The largest absolute Gasteiger partial charge is 0.358 e. The number of nitrogens with one attached hydrogen (secondary N) is 2. The fourth-order valence-electron chi connectivity index (χ4n) is 2.75. The molecule has 3 rings (SSSR count). The van der Waals surface area contributed by atoms with Crippen LogP contribution in [0.25, 0.3) is 0 Å². The zero-order valence-electron chi connectivity index (χ0n) is 15.3. The Hall–Kier alpha value is -2.09. The Kier molecular flexibility index (Phi) is 6.04. The van der Waals surface area contributed by atoms with E-state index in [9.17, 15) is 0 Å². The van der Waals surface area contributed by atoms with E-state index in [2.05, 4.69) is 20.8 Å². The molecule has 0 aliphatic rings. The van der Waals surface area contributed by atoms with Gasteiger partial charge in [-0.2, -0.15) is 10.2 Å². The van der Waals surface area contributed by atoms with Crippen LogP contribution in [0.15, 0.2) is 30.6 Å². The molecule has 9 heteroatoms. The molecule has 0 aliphatic carbocycles. The Bertz CT molecular complexity index is 978. The van der Waals surface area contributed by atoms with E-state index >= 15 is 0 Å². The van der Waals surface area contributed by atoms with E-state index in [1.54, 1.807) is 16.9 Å². The first-order chi connectivity index (χ1) is 12.8. The first kappa shape index (κ1) is 19.7. The molecule has 3 aromatic rings. The molecule has 27 heavy (non-hydrogen) atoms. The van der Waals surface area contributed by atoms with Gasteiger partial charge in [0, 0.05) is 25.4 Å². The molecule has 142 valence electrons. The van der Waals surface area contributed by atoms with Crippen molar-refractivity contribution in [2.45, 2.75) is 26.9 Å². The second-order valence-corrected chi connectivity index (χ2v) is 7.50. The molecule has 0 fully saturated rings. The molecular weight excluding hydrogens is 403 g/mol. The van der Waals surface area contributed by atoms with Gasteiger partial charge in [-0.3, -0.25) is 9.36 Å². The summed E-state index contributed by atoms with van der Waals surface area (Å²) in [5, 5.41) is 16.8. The van der Waals surface area contributed by atoms with E-state index in [1.807, 2.05) is 43.9 Å². The van der Waals surface area contributed by atoms with Gasteiger partial charge in [0.15, 0.2) is 5.11 Å². The van der Waals surface area contributed by atoms with Crippen LogP contribution in [0.3, 0.4) is 0 Å². The fourth-order valence-corrected chi connectivity index (χ4v) is 3.24. The molecule has 0 radical (unpaired) electrons. The summed E-state index contributed by atoms with van der Waals surface area (Å²) >= 11 is 17.5. The third-order valence-electron chi connectivity index (χ3n) is 4.15. The van der Waals surface area contributed by atoms with Gasteiger partial charge in [0.2, 0.25) is 0 Å². The molecule has 6 nitrogen and oxygen atoms in total. The minimum absolute atomic E-state index is 0.537. The lowest BCUT2D eigenvalue weighted by Crippen LogP contribution is -2.28. The summed E-state index contributed by atoms with van der Waals surface area (Å²) in [7, 11) is 1.88. The summed E-state index contributed by atoms with van der Waals surface area (Å²) in [5.41, 5.74) is 4.85. The highest BCUT2D eigenvalue weighted by Gasteiger charge is 2.13. The zero-order chi connectivity index (χ0) is 19.6. The molecule has 0 saturated carbocycles. The van der Waals surface area contributed by atoms with Crippen molar-refractivity contribution in [3.63, 3.8) is 0 Å². The van der Waals surface area contributed by atoms with Crippen LogP contribution in [0, 0.1) is 13.8 Å². The van der Waals surface area contributed by atoms with Gasteiger partial charge < -0.3 is 10.6 Å². The van der Waals surface area contributed by atoms with Gasteiger partial charge in [0.05, 0.1) is 39.9 Å². The lowest BCUT2D eigenvalue weighted by Gasteiger charge is -2.11. The van der Waals surface area contributed by atoms with Crippen molar-refractivity contribution >= 4 is 46.2 Å². The van der Waals surface area contributed by atoms with Crippen molar-refractivity contribution in [1.82, 2.24) is 24.9 Å². The monoisotopic (exact) mass is 422 g/mol. The van der Waals surface area contributed by atoms with Crippen LogP contribution >= 0.6 is 35.4 Å². The number of thiocarbonyl (C=S) groups is 1.